The predicted molar refractivity (Wildman–Crippen MR) is 142 cm³/mol. The minimum atomic E-state index is -0.562. The highest BCUT2D eigenvalue weighted by molar-refractivity contribution is 5.90. The van der Waals surface area contributed by atoms with Gasteiger partial charge < -0.3 is 19.1 Å². The summed E-state index contributed by atoms with van der Waals surface area (Å²) in [6, 6.07) is 2.01. The average Bonchev–Trinajstić information content (AvgIpc) is 3.34. The van der Waals surface area contributed by atoms with Crippen molar-refractivity contribution < 1.29 is 19.0 Å². The van der Waals surface area contributed by atoms with E-state index < -0.39 is 11.7 Å². The quantitative estimate of drug-likeness (QED) is 0.435. The second kappa shape index (κ2) is 10.5. The third kappa shape index (κ3) is 5.79. The summed E-state index contributed by atoms with van der Waals surface area (Å²) in [5.41, 5.74) is 3.44. The van der Waals surface area contributed by atoms with E-state index in [9.17, 15) is 4.79 Å². The zero-order chi connectivity index (χ0) is 26.9. The van der Waals surface area contributed by atoms with Crippen LogP contribution < -0.4 is 4.74 Å². The zero-order valence-corrected chi connectivity index (χ0v) is 22.9. The van der Waals surface area contributed by atoms with E-state index in [2.05, 4.69) is 11.7 Å². The summed E-state index contributed by atoms with van der Waals surface area (Å²) in [6.45, 7) is 14.4. The molecule has 0 spiro atoms. The predicted octanol–water partition coefficient (Wildman–Crippen LogP) is 5.12. The summed E-state index contributed by atoms with van der Waals surface area (Å²) < 4.78 is 21.4. The molecule has 4 heterocycles. The minimum absolute atomic E-state index is 0.0977. The normalized spacial score (nSPS) is 17.0. The fourth-order valence-electron chi connectivity index (χ4n) is 4.58. The van der Waals surface area contributed by atoms with E-state index in [4.69, 9.17) is 24.3 Å². The lowest BCUT2D eigenvalue weighted by Crippen LogP contribution is -2.39. The Hall–Kier alpha value is -3.40. The van der Waals surface area contributed by atoms with Gasteiger partial charge in [-0.15, -0.1) is 0 Å². The number of carbonyl (C=O) groups excluding carboxylic acids is 1. The lowest BCUT2D eigenvalue weighted by Gasteiger charge is -2.26. The van der Waals surface area contributed by atoms with E-state index in [-0.39, 0.29) is 12.3 Å². The molecule has 10 heteroatoms. The molecule has 0 bridgehead atoms. The van der Waals surface area contributed by atoms with Gasteiger partial charge in [0.2, 0.25) is 5.88 Å². The van der Waals surface area contributed by atoms with Crippen molar-refractivity contribution in [2.24, 2.45) is 7.05 Å². The molecule has 4 rings (SSSR count). The number of rotatable bonds is 7. The van der Waals surface area contributed by atoms with Crippen LogP contribution in [-0.4, -0.2) is 67.4 Å². The SMILES string of the molecule is C=Cc1nn(C2CCCCO2)c2cnc(-c3c(C)nn(C)c3O[C@H](C)CN(C)C(=O)OC(C)(C)C)cc12. The van der Waals surface area contributed by atoms with E-state index in [1.54, 1.807) is 17.8 Å². The average molecular weight is 511 g/mol. The number of nitrogens with zero attached hydrogens (tertiary/aromatic N) is 6. The van der Waals surface area contributed by atoms with Gasteiger partial charge in [-0.1, -0.05) is 6.58 Å². The smallest absolute Gasteiger partial charge is 0.410 e. The molecule has 200 valence electrons. The van der Waals surface area contributed by atoms with Crippen molar-refractivity contribution in [3.8, 4) is 17.1 Å². The molecular formula is C27H38N6O4. The van der Waals surface area contributed by atoms with Crippen LogP contribution in [-0.2, 0) is 16.5 Å². The van der Waals surface area contributed by atoms with Crippen molar-refractivity contribution in [2.45, 2.75) is 71.8 Å². The number of carbonyl (C=O) groups is 1. The largest absolute Gasteiger partial charge is 0.472 e. The number of hydrogen-bond acceptors (Lipinski definition) is 7. The van der Waals surface area contributed by atoms with E-state index >= 15 is 0 Å². The van der Waals surface area contributed by atoms with Crippen LogP contribution in [0.4, 0.5) is 4.79 Å². The Morgan fingerprint density at radius 3 is 2.76 bits per heavy atom. The molecule has 1 unspecified atom stereocenters. The maximum Gasteiger partial charge on any atom is 0.410 e. The van der Waals surface area contributed by atoms with Gasteiger partial charge in [0.25, 0.3) is 0 Å². The Morgan fingerprint density at radius 2 is 2.11 bits per heavy atom. The highest BCUT2D eigenvalue weighted by Crippen LogP contribution is 2.36. The molecule has 1 amide bonds. The van der Waals surface area contributed by atoms with Crippen LogP contribution in [0.25, 0.3) is 28.2 Å². The number of pyridine rings is 1. The third-order valence-corrected chi connectivity index (χ3v) is 6.22. The van der Waals surface area contributed by atoms with Crippen LogP contribution in [0.1, 0.15) is 64.6 Å². The zero-order valence-electron chi connectivity index (χ0n) is 22.9. The van der Waals surface area contributed by atoms with Crippen molar-refractivity contribution in [2.75, 3.05) is 20.2 Å². The molecule has 0 saturated carbocycles. The summed E-state index contributed by atoms with van der Waals surface area (Å²) in [6.07, 6.45) is 5.88. The second-order valence-electron chi connectivity index (χ2n) is 10.6. The van der Waals surface area contributed by atoms with E-state index in [0.717, 1.165) is 59.4 Å². The molecule has 0 aromatic carbocycles. The maximum absolute atomic E-state index is 12.4. The Bertz CT molecular complexity index is 1280. The molecule has 2 atom stereocenters. The van der Waals surface area contributed by atoms with Gasteiger partial charge in [-0.2, -0.15) is 10.2 Å². The number of aryl methyl sites for hydroxylation is 2. The second-order valence-corrected chi connectivity index (χ2v) is 10.6. The van der Waals surface area contributed by atoms with Crippen LogP contribution >= 0.6 is 0 Å². The van der Waals surface area contributed by atoms with Gasteiger partial charge in [0.05, 0.1) is 40.9 Å². The summed E-state index contributed by atoms with van der Waals surface area (Å²) in [7, 11) is 3.53. The number of likely N-dealkylation sites (N-methyl/N-ethyl adjacent to an activating group) is 1. The van der Waals surface area contributed by atoms with E-state index in [1.165, 1.54) is 4.90 Å². The van der Waals surface area contributed by atoms with Crippen LogP contribution in [0.2, 0.25) is 0 Å². The molecule has 1 aliphatic heterocycles. The van der Waals surface area contributed by atoms with E-state index in [1.807, 2.05) is 58.6 Å². The first-order chi connectivity index (χ1) is 17.5. The first-order valence-electron chi connectivity index (χ1n) is 12.8. The van der Waals surface area contributed by atoms with Crippen molar-refractivity contribution in [3.63, 3.8) is 0 Å². The molecule has 0 radical (unpaired) electrons. The minimum Gasteiger partial charge on any atom is -0.472 e. The number of amides is 1. The molecule has 37 heavy (non-hydrogen) atoms. The highest BCUT2D eigenvalue weighted by atomic mass is 16.6. The summed E-state index contributed by atoms with van der Waals surface area (Å²) in [5.74, 6) is 0.581. The maximum atomic E-state index is 12.4. The first kappa shape index (κ1) is 26.7. The molecule has 1 fully saturated rings. The fourth-order valence-corrected chi connectivity index (χ4v) is 4.58. The fraction of sp³-hybridized carbons (Fsp3) is 0.556. The Labute approximate surface area is 218 Å². The van der Waals surface area contributed by atoms with Gasteiger partial charge in [-0.05, 0) is 66.0 Å². The number of fused-ring (bicyclic) bond motifs is 1. The van der Waals surface area contributed by atoms with Gasteiger partial charge in [0.15, 0.2) is 6.23 Å². The summed E-state index contributed by atoms with van der Waals surface area (Å²) >= 11 is 0. The molecule has 0 N–H and O–H groups in total. The summed E-state index contributed by atoms with van der Waals surface area (Å²) in [4.78, 5) is 18.7. The lowest BCUT2D eigenvalue weighted by molar-refractivity contribution is -0.0367. The third-order valence-electron chi connectivity index (χ3n) is 6.22. The number of ether oxygens (including phenoxy) is 3. The van der Waals surface area contributed by atoms with Crippen molar-refractivity contribution in [3.05, 3.63) is 30.2 Å². The molecule has 3 aromatic rings. The van der Waals surface area contributed by atoms with Crippen molar-refractivity contribution >= 4 is 23.1 Å². The molecule has 10 nitrogen and oxygen atoms in total. The molecule has 1 aliphatic rings. The van der Waals surface area contributed by atoms with Crippen molar-refractivity contribution in [1.82, 2.24) is 29.4 Å². The topological polar surface area (TPSA) is 96.5 Å². The van der Waals surface area contributed by atoms with Crippen LogP contribution in [0.5, 0.6) is 5.88 Å². The van der Waals surface area contributed by atoms with Crippen LogP contribution in [0.15, 0.2) is 18.8 Å². The summed E-state index contributed by atoms with van der Waals surface area (Å²) in [5, 5.41) is 10.3. The van der Waals surface area contributed by atoms with Crippen molar-refractivity contribution in [1.29, 1.82) is 0 Å². The number of hydrogen-bond donors (Lipinski definition) is 0. The Kier molecular flexibility index (Phi) is 7.59. The highest BCUT2D eigenvalue weighted by Gasteiger charge is 2.26. The van der Waals surface area contributed by atoms with E-state index in [0.29, 0.717) is 12.4 Å². The molecule has 0 aliphatic carbocycles. The standard InChI is InChI=1S/C27H38N6O4/c1-9-20-19-14-21(28-15-22(19)33(30-20)23-12-10-11-13-35-23)24-18(3)29-32(8)25(24)36-17(2)16-31(7)26(34)37-27(4,5)6/h9,14-15,17,23H,1,10-13,16H2,2-8H3/t17-,23?/m1/s1. The van der Waals surface area contributed by atoms with Crippen LogP contribution in [0.3, 0.4) is 0 Å². The monoisotopic (exact) mass is 510 g/mol. The van der Waals surface area contributed by atoms with Gasteiger partial charge in [-0.25, -0.2) is 14.2 Å². The van der Waals surface area contributed by atoms with Gasteiger partial charge >= 0.3 is 6.09 Å². The van der Waals surface area contributed by atoms with Crippen LogP contribution in [0, 0.1) is 6.92 Å². The number of aromatic nitrogens is 5. The lowest BCUT2D eigenvalue weighted by atomic mass is 10.1. The molecular weight excluding hydrogens is 472 g/mol. The first-order valence-corrected chi connectivity index (χ1v) is 12.8. The molecule has 3 aromatic heterocycles. The molecule has 1 saturated heterocycles. The van der Waals surface area contributed by atoms with Gasteiger partial charge in [-0.3, -0.25) is 4.98 Å². The van der Waals surface area contributed by atoms with Gasteiger partial charge in [0.1, 0.15) is 11.7 Å². The Morgan fingerprint density at radius 1 is 1.35 bits per heavy atom. The Balaban J connectivity index is 1.62. The van der Waals surface area contributed by atoms with Gasteiger partial charge in [0, 0.05) is 26.1 Å².